The van der Waals surface area contributed by atoms with Crippen LogP contribution in [0.2, 0.25) is 5.02 Å². The molecule has 0 spiro atoms. The lowest BCUT2D eigenvalue weighted by atomic mass is 10.1. The highest BCUT2D eigenvalue weighted by Crippen LogP contribution is 2.22. The second-order valence-electron chi connectivity index (χ2n) is 4.33. The first-order chi connectivity index (χ1) is 10.6. The normalized spacial score (nSPS) is 10.1. The maximum Gasteiger partial charge on any atom is 0.407 e. The number of anilines is 1. The number of carbonyl (C=O) groups excluding carboxylic acids is 2. The lowest BCUT2D eigenvalue weighted by molar-refractivity contribution is -0.115. The zero-order valence-corrected chi connectivity index (χ0v) is 13.3. The van der Waals surface area contributed by atoms with Gasteiger partial charge in [0.25, 0.3) is 0 Å². The van der Waals surface area contributed by atoms with Gasteiger partial charge in [-0.05, 0) is 17.7 Å². The number of amides is 2. The third-order valence-electron chi connectivity index (χ3n) is 2.65. The van der Waals surface area contributed by atoms with Gasteiger partial charge >= 0.3 is 6.09 Å². The highest BCUT2D eigenvalue weighted by atomic mass is 35.5. The Morgan fingerprint density at radius 2 is 2.23 bits per heavy atom. The molecule has 0 saturated heterocycles. The number of halogens is 1. The molecule has 2 rings (SSSR count). The van der Waals surface area contributed by atoms with E-state index in [9.17, 15) is 9.59 Å². The van der Waals surface area contributed by atoms with E-state index in [0.717, 1.165) is 10.4 Å². The van der Waals surface area contributed by atoms with E-state index in [4.69, 9.17) is 11.6 Å². The third kappa shape index (κ3) is 5.01. The topological polar surface area (TPSA) is 80.3 Å². The first kappa shape index (κ1) is 16.3. The molecule has 1 heterocycles. The molecule has 2 N–H and O–H groups in total. The summed E-state index contributed by atoms with van der Waals surface area (Å²) in [5.74, 6) is -0.367. The highest BCUT2D eigenvalue weighted by Gasteiger charge is 2.09. The molecule has 8 heteroatoms. The molecule has 22 heavy (non-hydrogen) atoms. The molecule has 0 fully saturated rings. The van der Waals surface area contributed by atoms with Gasteiger partial charge in [-0.1, -0.05) is 23.7 Å². The Kier molecular flexibility index (Phi) is 5.74. The smallest absolute Gasteiger partial charge is 0.407 e. The fraction of sp³-hybridized carbons (Fsp3) is 0.214. The first-order valence-electron chi connectivity index (χ1n) is 6.37. The average molecular weight is 340 g/mol. The summed E-state index contributed by atoms with van der Waals surface area (Å²) in [7, 11) is 1.23. The Morgan fingerprint density at radius 3 is 2.95 bits per heavy atom. The van der Waals surface area contributed by atoms with Crippen LogP contribution in [0, 0.1) is 0 Å². The molecular weight excluding hydrogens is 326 g/mol. The van der Waals surface area contributed by atoms with Crippen molar-refractivity contribution < 1.29 is 14.3 Å². The molecule has 0 aliphatic carbocycles. The number of ether oxygens (including phenoxy) is 1. The van der Waals surface area contributed by atoms with E-state index in [1.807, 2.05) is 24.3 Å². The van der Waals surface area contributed by atoms with E-state index in [2.05, 4.69) is 20.4 Å². The summed E-state index contributed by atoms with van der Waals surface area (Å²) in [6.45, 7) is -0.171. The molecule has 0 aliphatic heterocycles. The van der Waals surface area contributed by atoms with E-state index in [-0.39, 0.29) is 12.5 Å². The maximum absolute atomic E-state index is 11.6. The van der Waals surface area contributed by atoms with Crippen molar-refractivity contribution >= 4 is 40.1 Å². The van der Waals surface area contributed by atoms with Crippen LogP contribution in [0.3, 0.4) is 0 Å². The van der Waals surface area contributed by atoms with Crippen molar-refractivity contribution in [3.8, 4) is 0 Å². The van der Waals surface area contributed by atoms with Gasteiger partial charge in [0.15, 0.2) is 5.13 Å². The summed E-state index contributed by atoms with van der Waals surface area (Å²) < 4.78 is 4.38. The SMILES string of the molecule is COC(=O)NCC(=O)Nc1ncc(Cc2cccc(Cl)c2)s1. The Balaban J connectivity index is 1.88. The summed E-state index contributed by atoms with van der Waals surface area (Å²) in [5.41, 5.74) is 1.07. The third-order valence-corrected chi connectivity index (χ3v) is 3.79. The van der Waals surface area contributed by atoms with Gasteiger partial charge < -0.3 is 15.4 Å². The number of hydrogen-bond acceptors (Lipinski definition) is 5. The number of alkyl carbamates (subject to hydrolysis) is 1. The molecule has 0 aliphatic rings. The zero-order valence-electron chi connectivity index (χ0n) is 11.8. The molecule has 0 saturated carbocycles. The van der Waals surface area contributed by atoms with Crippen molar-refractivity contribution in [2.75, 3.05) is 19.0 Å². The number of methoxy groups -OCH3 is 1. The molecular formula is C14H14ClN3O3S. The molecule has 6 nitrogen and oxygen atoms in total. The minimum absolute atomic E-state index is 0.171. The van der Waals surface area contributed by atoms with Crippen LogP contribution < -0.4 is 10.6 Å². The Bertz CT molecular complexity index is 675. The van der Waals surface area contributed by atoms with E-state index < -0.39 is 6.09 Å². The highest BCUT2D eigenvalue weighted by molar-refractivity contribution is 7.15. The van der Waals surface area contributed by atoms with Crippen LogP contribution in [0.4, 0.5) is 9.93 Å². The summed E-state index contributed by atoms with van der Waals surface area (Å²) in [5, 5.41) is 6.07. The number of thiazole rings is 1. The average Bonchev–Trinajstić information content (AvgIpc) is 2.91. The van der Waals surface area contributed by atoms with Crippen LogP contribution in [0.5, 0.6) is 0 Å². The number of nitrogens with zero attached hydrogens (tertiary/aromatic N) is 1. The van der Waals surface area contributed by atoms with Crippen molar-refractivity contribution in [3.05, 3.63) is 45.9 Å². The fourth-order valence-electron chi connectivity index (χ4n) is 1.68. The Morgan fingerprint density at radius 1 is 1.41 bits per heavy atom. The predicted octanol–water partition coefficient (Wildman–Crippen LogP) is 2.68. The van der Waals surface area contributed by atoms with Crippen molar-refractivity contribution in [2.45, 2.75) is 6.42 Å². The standard InChI is InChI=1S/C14H14ClN3O3S/c1-21-14(20)17-8-12(19)18-13-16-7-11(22-13)6-9-3-2-4-10(15)5-9/h2-5,7H,6,8H2,1H3,(H,17,20)(H,16,18,19). The van der Waals surface area contributed by atoms with Gasteiger partial charge in [-0.2, -0.15) is 0 Å². The van der Waals surface area contributed by atoms with Crippen molar-refractivity contribution in [2.24, 2.45) is 0 Å². The van der Waals surface area contributed by atoms with Crippen molar-refractivity contribution in [3.63, 3.8) is 0 Å². The quantitative estimate of drug-likeness (QED) is 0.877. The monoisotopic (exact) mass is 339 g/mol. The largest absolute Gasteiger partial charge is 0.453 e. The van der Waals surface area contributed by atoms with Gasteiger partial charge in [-0.15, -0.1) is 11.3 Å². The van der Waals surface area contributed by atoms with Gasteiger partial charge in [0.05, 0.1) is 7.11 Å². The van der Waals surface area contributed by atoms with E-state index in [1.54, 1.807) is 6.20 Å². The molecule has 116 valence electrons. The second kappa shape index (κ2) is 7.77. The predicted molar refractivity (Wildman–Crippen MR) is 85.4 cm³/mol. The summed E-state index contributed by atoms with van der Waals surface area (Å²) in [6, 6.07) is 7.57. The van der Waals surface area contributed by atoms with Crippen LogP contribution in [-0.4, -0.2) is 30.6 Å². The van der Waals surface area contributed by atoms with Crippen LogP contribution in [-0.2, 0) is 16.0 Å². The lowest BCUT2D eigenvalue weighted by Crippen LogP contribution is -2.32. The molecule has 0 bridgehead atoms. The zero-order chi connectivity index (χ0) is 15.9. The number of aromatic nitrogens is 1. The number of nitrogens with one attached hydrogen (secondary N) is 2. The summed E-state index contributed by atoms with van der Waals surface area (Å²) in [6.07, 6.45) is 1.74. The molecule has 1 aromatic carbocycles. The van der Waals surface area contributed by atoms with Crippen LogP contribution >= 0.6 is 22.9 Å². The molecule has 1 aromatic heterocycles. The molecule has 0 atom stereocenters. The van der Waals surface area contributed by atoms with Gasteiger partial charge in [-0.25, -0.2) is 9.78 Å². The van der Waals surface area contributed by atoms with E-state index >= 15 is 0 Å². The molecule has 0 radical (unpaired) electrons. The Hall–Kier alpha value is -2.12. The van der Waals surface area contributed by atoms with Crippen LogP contribution in [0.15, 0.2) is 30.5 Å². The summed E-state index contributed by atoms with van der Waals surface area (Å²) in [4.78, 5) is 27.6. The van der Waals surface area contributed by atoms with Gasteiger partial charge in [0.1, 0.15) is 6.54 Å². The first-order valence-corrected chi connectivity index (χ1v) is 7.57. The van der Waals surface area contributed by atoms with Crippen LogP contribution in [0.1, 0.15) is 10.4 Å². The number of benzene rings is 1. The second-order valence-corrected chi connectivity index (χ2v) is 5.88. The van der Waals surface area contributed by atoms with Crippen molar-refractivity contribution in [1.82, 2.24) is 10.3 Å². The van der Waals surface area contributed by atoms with Gasteiger partial charge in [0.2, 0.25) is 5.91 Å². The van der Waals surface area contributed by atoms with Crippen LogP contribution in [0.25, 0.3) is 0 Å². The van der Waals surface area contributed by atoms with Gasteiger partial charge in [0, 0.05) is 22.5 Å². The lowest BCUT2D eigenvalue weighted by Gasteiger charge is -2.03. The maximum atomic E-state index is 11.6. The number of hydrogen-bond donors (Lipinski definition) is 2. The molecule has 2 aromatic rings. The Labute approximate surface area is 136 Å². The minimum atomic E-state index is -0.657. The van der Waals surface area contributed by atoms with Gasteiger partial charge in [-0.3, -0.25) is 4.79 Å². The summed E-state index contributed by atoms with van der Waals surface area (Å²) >= 11 is 7.32. The van der Waals surface area contributed by atoms with E-state index in [1.165, 1.54) is 18.4 Å². The molecule has 2 amide bonds. The van der Waals surface area contributed by atoms with Crippen molar-refractivity contribution in [1.29, 1.82) is 0 Å². The fourth-order valence-corrected chi connectivity index (χ4v) is 2.76. The molecule has 0 unspecified atom stereocenters. The number of carbonyl (C=O) groups is 2. The number of rotatable bonds is 5. The van der Waals surface area contributed by atoms with E-state index in [0.29, 0.717) is 16.6 Å². The minimum Gasteiger partial charge on any atom is -0.453 e.